The highest BCUT2D eigenvalue weighted by molar-refractivity contribution is 4.84. The van der Waals surface area contributed by atoms with E-state index in [1.807, 2.05) is 0 Å². The molecular formula is C13H28N2. The Hall–Kier alpha value is -0.0800. The van der Waals surface area contributed by atoms with E-state index in [1.54, 1.807) is 0 Å². The summed E-state index contributed by atoms with van der Waals surface area (Å²) < 4.78 is 0. The van der Waals surface area contributed by atoms with Gasteiger partial charge in [0.1, 0.15) is 0 Å². The van der Waals surface area contributed by atoms with Gasteiger partial charge >= 0.3 is 0 Å². The van der Waals surface area contributed by atoms with Gasteiger partial charge in [-0.3, -0.25) is 11.3 Å². The third-order valence-corrected chi connectivity index (χ3v) is 4.40. The summed E-state index contributed by atoms with van der Waals surface area (Å²) in [6.45, 7) is 6.97. The van der Waals surface area contributed by atoms with Gasteiger partial charge in [-0.2, -0.15) is 0 Å². The first kappa shape index (κ1) is 13.0. The summed E-state index contributed by atoms with van der Waals surface area (Å²) in [6, 6.07) is 0.549. The zero-order chi connectivity index (χ0) is 11.3. The van der Waals surface area contributed by atoms with Crippen LogP contribution in [0.5, 0.6) is 0 Å². The van der Waals surface area contributed by atoms with Crippen molar-refractivity contribution in [3.8, 4) is 0 Å². The maximum atomic E-state index is 5.72. The van der Waals surface area contributed by atoms with Gasteiger partial charge in [-0.1, -0.05) is 46.5 Å². The zero-order valence-electron chi connectivity index (χ0n) is 10.6. The molecule has 3 atom stereocenters. The van der Waals surface area contributed by atoms with Crippen LogP contribution in [0.15, 0.2) is 0 Å². The summed E-state index contributed by atoms with van der Waals surface area (Å²) in [7, 11) is 0. The summed E-state index contributed by atoms with van der Waals surface area (Å²) in [5.74, 6) is 8.25. The number of hydrazine groups is 1. The third-order valence-electron chi connectivity index (χ3n) is 4.40. The van der Waals surface area contributed by atoms with Gasteiger partial charge in [-0.05, 0) is 30.6 Å². The van der Waals surface area contributed by atoms with E-state index in [2.05, 4.69) is 26.2 Å². The van der Waals surface area contributed by atoms with Gasteiger partial charge in [0.2, 0.25) is 0 Å². The molecule has 15 heavy (non-hydrogen) atoms. The van der Waals surface area contributed by atoms with Crippen LogP contribution >= 0.6 is 0 Å². The first-order valence-corrected chi connectivity index (χ1v) is 6.69. The largest absolute Gasteiger partial charge is 0.271 e. The van der Waals surface area contributed by atoms with Crippen molar-refractivity contribution in [2.45, 2.75) is 65.3 Å². The molecule has 0 aromatic carbocycles. The molecule has 0 aliphatic heterocycles. The minimum absolute atomic E-state index is 0.549. The fourth-order valence-electron chi connectivity index (χ4n) is 3.12. The molecule has 0 saturated heterocycles. The fraction of sp³-hybridized carbons (Fsp3) is 1.00. The second-order valence-electron chi connectivity index (χ2n) is 5.26. The van der Waals surface area contributed by atoms with Crippen molar-refractivity contribution in [3.05, 3.63) is 0 Å². The summed E-state index contributed by atoms with van der Waals surface area (Å²) in [4.78, 5) is 0. The van der Waals surface area contributed by atoms with Crippen LogP contribution in [0.25, 0.3) is 0 Å². The van der Waals surface area contributed by atoms with Crippen LogP contribution in [-0.2, 0) is 0 Å². The number of hydrogen-bond donors (Lipinski definition) is 2. The highest BCUT2D eigenvalue weighted by Crippen LogP contribution is 2.35. The molecule has 1 aliphatic rings. The Morgan fingerprint density at radius 1 is 1.27 bits per heavy atom. The van der Waals surface area contributed by atoms with Crippen molar-refractivity contribution in [1.29, 1.82) is 0 Å². The first-order chi connectivity index (χ1) is 7.22. The summed E-state index contributed by atoms with van der Waals surface area (Å²) in [6.07, 6.45) is 8.00. The first-order valence-electron chi connectivity index (χ1n) is 6.69. The van der Waals surface area contributed by atoms with Crippen molar-refractivity contribution < 1.29 is 0 Å². The Morgan fingerprint density at radius 2 is 1.93 bits per heavy atom. The molecule has 0 spiro atoms. The van der Waals surface area contributed by atoms with Gasteiger partial charge in [-0.15, -0.1) is 0 Å². The smallest absolute Gasteiger partial charge is 0.0243 e. The second-order valence-corrected chi connectivity index (χ2v) is 5.26. The lowest BCUT2D eigenvalue weighted by atomic mass is 9.83. The Morgan fingerprint density at radius 3 is 2.33 bits per heavy atom. The Labute approximate surface area is 95.0 Å². The molecule has 1 rings (SSSR count). The Bertz CT molecular complexity index is 166. The second kappa shape index (κ2) is 6.49. The number of hydrogen-bond acceptors (Lipinski definition) is 2. The SMILES string of the molecule is CCC(CC)CC(NN)C1CCCC1C. The van der Waals surface area contributed by atoms with E-state index in [1.165, 1.54) is 38.5 Å². The number of nitrogens with one attached hydrogen (secondary N) is 1. The van der Waals surface area contributed by atoms with Crippen LogP contribution < -0.4 is 11.3 Å². The number of rotatable bonds is 6. The highest BCUT2D eigenvalue weighted by Gasteiger charge is 2.31. The molecule has 0 aromatic rings. The monoisotopic (exact) mass is 212 g/mol. The molecule has 3 N–H and O–H groups in total. The van der Waals surface area contributed by atoms with E-state index in [0.717, 1.165) is 17.8 Å². The lowest BCUT2D eigenvalue weighted by molar-refractivity contribution is 0.248. The molecule has 1 saturated carbocycles. The van der Waals surface area contributed by atoms with Crippen LogP contribution in [-0.4, -0.2) is 6.04 Å². The molecule has 0 amide bonds. The maximum absolute atomic E-state index is 5.72. The van der Waals surface area contributed by atoms with Gasteiger partial charge in [0, 0.05) is 6.04 Å². The molecule has 3 unspecified atom stereocenters. The van der Waals surface area contributed by atoms with Gasteiger partial charge in [0.15, 0.2) is 0 Å². The van der Waals surface area contributed by atoms with Crippen molar-refractivity contribution in [2.24, 2.45) is 23.6 Å². The van der Waals surface area contributed by atoms with Crippen molar-refractivity contribution in [2.75, 3.05) is 0 Å². The molecule has 1 fully saturated rings. The molecule has 0 bridgehead atoms. The average molecular weight is 212 g/mol. The van der Waals surface area contributed by atoms with Crippen LogP contribution in [0.4, 0.5) is 0 Å². The standard InChI is InChI=1S/C13H28N2/c1-4-11(5-2)9-13(15-14)12-8-6-7-10(12)3/h10-13,15H,4-9,14H2,1-3H3. The van der Waals surface area contributed by atoms with E-state index < -0.39 is 0 Å². The quantitative estimate of drug-likeness (QED) is 0.524. The van der Waals surface area contributed by atoms with E-state index >= 15 is 0 Å². The fourth-order valence-corrected chi connectivity index (χ4v) is 3.12. The lowest BCUT2D eigenvalue weighted by Gasteiger charge is -2.29. The van der Waals surface area contributed by atoms with Crippen LogP contribution in [0.1, 0.15) is 59.3 Å². The molecule has 1 aliphatic carbocycles. The van der Waals surface area contributed by atoms with Crippen LogP contribution in [0, 0.1) is 17.8 Å². The predicted octanol–water partition coefficient (Wildman–Crippen LogP) is 3.08. The molecule has 0 heterocycles. The molecule has 0 aromatic heterocycles. The van der Waals surface area contributed by atoms with Gasteiger partial charge in [-0.25, -0.2) is 0 Å². The molecular weight excluding hydrogens is 184 g/mol. The average Bonchev–Trinajstić information content (AvgIpc) is 2.67. The van der Waals surface area contributed by atoms with Crippen molar-refractivity contribution in [1.82, 2.24) is 5.43 Å². The maximum Gasteiger partial charge on any atom is 0.0243 e. The van der Waals surface area contributed by atoms with E-state index in [4.69, 9.17) is 5.84 Å². The summed E-state index contributed by atoms with van der Waals surface area (Å²) in [5, 5.41) is 0. The predicted molar refractivity (Wildman–Crippen MR) is 66.3 cm³/mol. The third kappa shape index (κ3) is 3.46. The zero-order valence-corrected chi connectivity index (χ0v) is 10.6. The Balaban J connectivity index is 2.47. The van der Waals surface area contributed by atoms with Gasteiger partial charge < -0.3 is 0 Å². The molecule has 2 nitrogen and oxygen atoms in total. The minimum atomic E-state index is 0.549. The molecule has 90 valence electrons. The molecule has 2 heteroatoms. The van der Waals surface area contributed by atoms with Crippen LogP contribution in [0.3, 0.4) is 0 Å². The van der Waals surface area contributed by atoms with Crippen LogP contribution in [0.2, 0.25) is 0 Å². The topological polar surface area (TPSA) is 38.0 Å². The van der Waals surface area contributed by atoms with Crippen molar-refractivity contribution in [3.63, 3.8) is 0 Å². The van der Waals surface area contributed by atoms with E-state index in [0.29, 0.717) is 6.04 Å². The Kier molecular flexibility index (Phi) is 5.62. The minimum Gasteiger partial charge on any atom is -0.271 e. The normalized spacial score (nSPS) is 28.6. The van der Waals surface area contributed by atoms with E-state index in [-0.39, 0.29) is 0 Å². The highest BCUT2D eigenvalue weighted by atomic mass is 15.2. The molecule has 0 radical (unpaired) electrons. The van der Waals surface area contributed by atoms with Gasteiger partial charge in [0.05, 0.1) is 0 Å². The van der Waals surface area contributed by atoms with E-state index in [9.17, 15) is 0 Å². The van der Waals surface area contributed by atoms with Crippen molar-refractivity contribution >= 4 is 0 Å². The number of nitrogens with two attached hydrogens (primary N) is 1. The van der Waals surface area contributed by atoms with Gasteiger partial charge in [0.25, 0.3) is 0 Å². The summed E-state index contributed by atoms with van der Waals surface area (Å²) >= 11 is 0. The summed E-state index contributed by atoms with van der Waals surface area (Å²) in [5.41, 5.74) is 3.07. The lowest BCUT2D eigenvalue weighted by Crippen LogP contribution is -2.43.